The summed E-state index contributed by atoms with van der Waals surface area (Å²) in [6, 6.07) is 11.1. The van der Waals surface area contributed by atoms with E-state index in [4.69, 9.17) is 4.74 Å². The lowest BCUT2D eigenvalue weighted by Gasteiger charge is -2.30. The van der Waals surface area contributed by atoms with Crippen molar-refractivity contribution in [1.82, 2.24) is 9.80 Å². The van der Waals surface area contributed by atoms with Gasteiger partial charge in [0.05, 0.1) is 12.7 Å². The molecule has 2 atom stereocenters. The van der Waals surface area contributed by atoms with Crippen LogP contribution in [-0.2, 0) is 11.3 Å². The van der Waals surface area contributed by atoms with Crippen LogP contribution in [0.25, 0.3) is 0 Å². The highest BCUT2D eigenvalue weighted by Gasteiger charge is 2.23. The van der Waals surface area contributed by atoms with Gasteiger partial charge in [0.15, 0.2) is 0 Å². The van der Waals surface area contributed by atoms with Crippen molar-refractivity contribution in [3.05, 3.63) is 35.9 Å². The molecule has 1 aromatic rings. The van der Waals surface area contributed by atoms with E-state index in [0.717, 1.165) is 32.6 Å². The zero-order chi connectivity index (χ0) is 15.1. The first kappa shape index (κ1) is 16.4. The third-order valence-electron chi connectivity index (χ3n) is 4.12. The van der Waals surface area contributed by atoms with E-state index in [-0.39, 0.29) is 0 Å². The van der Waals surface area contributed by atoms with Crippen LogP contribution in [0.4, 0.5) is 0 Å². The average molecular weight is 292 g/mol. The SMILES string of the molecule is COC[C@@H](O)CN1CCCN(Cc2ccccc2)C[C@@H]1C. The van der Waals surface area contributed by atoms with Crippen molar-refractivity contribution >= 4 is 0 Å². The van der Waals surface area contributed by atoms with Gasteiger partial charge >= 0.3 is 0 Å². The number of ether oxygens (including phenoxy) is 1. The molecule has 0 aliphatic carbocycles. The van der Waals surface area contributed by atoms with E-state index >= 15 is 0 Å². The summed E-state index contributed by atoms with van der Waals surface area (Å²) < 4.78 is 5.02. The van der Waals surface area contributed by atoms with Gasteiger partial charge < -0.3 is 9.84 Å². The number of benzene rings is 1. The fourth-order valence-corrected chi connectivity index (χ4v) is 3.07. The molecule has 0 amide bonds. The molecule has 1 aliphatic rings. The molecule has 0 aromatic heterocycles. The standard InChI is InChI=1S/C17H28N2O2/c1-15-11-18(12-16-7-4-3-5-8-16)9-6-10-19(15)13-17(20)14-21-2/h3-5,7-8,15,17,20H,6,9-14H2,1-2H3/t15-,17-/m0/s1. The maximum absolute atomic E-state index is 9.93. The summed E-state index contributed by atoms with van der Waals surface area (Å²) in [6.45, 7) is 7.60. The fraction of sp³-hybridized carbons (Fsp3) is 0.647. The van der Waals surface area contributed by atoms with Crippen LogP contribution >= 0.6 is 0 Å². The number of hydrogen-bond acceptors (Lipinski definition) is 4. The summed E-state index contributed by atoms with van der Waals surface area (Å²) in [5.74, 6) is 0. The number of methoxy groups -OCH3 is 1. The lowest BCUT2D eigenvalue weighted by atomic mass is 10.2. The smallest absolute Gasteiger partial charge is 0.0900 e. The monoisotopic (exact) mass is 292 g/mol. The van der Waals surface area contributed by atoms with E-state index in [9.17, 15) is 5.11 Å². The van der Waals surface area contributed by atoms with Gasteiger partial charge in [-0.3, -0.25) is 9.80 Å². The largest absolute Gasteiger partial charge is 0.389 e. The third kappa shape index (κ3) is 5.40. The molecule has 1 saturated heterocycles. The van der Waals surface area contributed by atoms with Crippen LogP contribution in [0.5, 0.6) is 0 Å². The first-order chi connectivity index (χ1) is 10.2. The van der Waals surface area contributed by atoms with Gasteiger partial charge in [0.2, 0.25) is 0 Å². The molecule has 4 nitrogen and oxygen atoms in total. The Bertz CT molecular complexity index is 399. The van der Waals surface area contributed by atoms with Crippen molar-refractivity contribution in [3.63, 3.8) is 0 Å². The first-order valence-corrected chi connectivity index (χ1v) is 7.86. The molecule has 1 aliphatic heterocycles. The molecule has 0 bridgehead atoms. The maximum Gasteiger partial charge on any atom is 0.0900 e. The minimum Gasteiger partial charge on any atom is -0.389 e. The predicted octanol–water partition coefficient (Wildman–Crippen LogP) is 1.59. The van der Waals surface area contributed by atoms with Crippen molar-refractivity contribution in [1.29, 1.82) is 0 Å². The second-order valence-corrected chi connectivity index (χ2v) is 6.03. The Morgan fingerprint density at radius 1 is 1.29 bits per heavy atom. The quantitative estimate of drug-likeness (QED) is 0.864. The van der Waals surface area contributed by atoms with E-state index in [1.165, 1.54) is 5.56 Å². The summed E-state index contributed by atoms with van der Waals surface area (Å²) in [6.07, 6.45) is 0.759. The lowest BCUT2D eigenvalue weighted by molar-refractivity contribution is 0.0287. The van der Waals surface area contributed by atoms with E-state index in [1.807, 2.05) is 0 Å². The molecule has 0 unspecified atom stereocenters. The lowest BCUT2D eigenvalue weighted by Crippen LogP contribution is -2.43. The summed E-state index contributed by atoms with van der Waals surface area (Å²) in [5.41, 5.74) is 1.37. The highest BCUT2D eigenvalue weighted by molar-refractivity contribution is 5.14. The van der Waals surface area contributed by atoms with E-state index in [2.05, 4.69) is 47.1 Å². The number of nitrogens with zero attached hydrogens (tertiary/aromatic N) is 2. The number of hydrogen-bond donors (Lipinski definition) is 1. The summed E-state index contributed by atoms with van der Waals surface area (Å²) in [4.78, 5) is 4.90. The van der Waals surface area contributed by atoms with Gasteiger partial charge in [-0.05, 0) is 32.0 Å². The van der Waals surface area contributed by atoms with Crippen LogP contribution < -0.4 is 0 Å². The van der Waals surface area contributed by atoms with Crippen molar-refractivity contribution in [2.24, 2.45) is 0 Å². The molecule has 0 radical (unpaired) electrons. The van der Waals surface area contributed by atoms with Gasteiger partial charge in [-0.15, -0.1) is 0 Å². The second-order valence-electron chi connectivity index (χ2n) is 6.03. The van der Waals surface area contributed by atoms with Gasteiger partial charge in [0, 0.05) is 32.8 Å². The number of aliphatic hydroxyl groups is 1. The molecule has 2 rings (SSSR count). The first-order valence-electron chi connectivity index (χ1n) is 7.86. The Morgan fingerprint density at radius 2 is 2.05 bits per heavy atom. The van der Waals surface area contributed by atoms with Gasteiger partial charge in [-0.25, -0.2) is 0 Å². The Kier molecular flexibility index (Phi) is 6.64. The van der Waals surface area contributed by atoms with Gasteiger partial charge in [0.25, 0.3) is 0 Å². The zero-order valence-electron chi connectivity index (χ0n) is 13.2. The van der Waals surface area contributed by atoms with Crippen LogP contribution in [0, 0.1) is 0 Å². The molecule has 1 heterocycles. The van der Waals surface area contributed by atoms with Crippen LogP contribution in [-0.4, -0.2) is 66.9 Å². The molecule has 1 fully saturated rings. The molecule has 0 spiro atoms. The Morgan fingerprint density at radius 3 is 2.76 bits per heavy atom. The highest BCUT2D eigenvalue weighted by atomic mass is 16.5. The molecular weight excluding hydrogens is 264 g/mol. The van der Waals surface area contributed by atoms with Crippen molar-refractivity contribution in [2.45, 2.75) is 32.0 Å². The molecule has 118 valence electrons. The highest BCUT2D eigenvalue weighted by Crippen LogP contribution is 2.13. The van der Waals surface area contributed by atoms with E-state index in [1.54, 1.807) is 7.11 Å². The Labute approximate surface area is 128 Å². The topological polar surface area (TPSA) is 35.9 Å². The molecule has 0 saturated carbocycles. The van der Waals surface area contributed by atoms with Crippen molar-refractivity contribution in [3.8, 4) is 0 Å². The van der Waals surface area contributed by atoms with Crippen LogP contribution in [0.2, 0.25) is 0 Å². The van der Waals surface area contributed by atoms with E-state index in [0.29, 0.717) is 19.2 Å². The van der Waals surface area contributed by atoms with Gasteiger partial charge in [-0.1, -0.05) is 30.3 Å². The van der Waals surface area contributed by atoms with Crippen molar-refractivity contribution in [2.75, 3.05) is 39.9 Å². The minimum atomic E-state index is -0.391. The van der Waals surface area contributed by atoms with Crippen LogP contribution in [0.15, 0.2) is 30.3 Å². The Balaban J connectivity index is 1.86. The second kappa shape index (κ2) is 8.49. The Hall–Kier alpha value is -0.940. The minimum absolute atomic E-state index is 0.391. The summed E-state index contributed by atoms with van der Waals surface area (Å²) in [7, 11) is 1.64. The number of β-amino-alcohol motifs (C(OH)–C–C–N with tert-alkyl or cyclic N) is 1. The van der Waals surface area contributed by atoms with Gasteiger partial charge in [0.1, 0.15) is 0 Å². The third-order valence-corrected chi connectivity index (χ3v) is 4.12. The van der Waals surface area contributed by atoms with Gasteiger partial charge in [-0.2, -0.15) is 0 Å². The molecule has 1 aromatic carbocycles. The number of rotatable bonds is 6. The van der Waals surface area contributed by atoms with Crippen molar-refractivity contribution < 1.29 is 9.84 Å². The van der Waals surface area contributed by atoms with Crippen LogP contribution in [0.3, 0.4) is 0 Å². The average Bonchev–Trinajstić information content (AvgIpc) is 2.62. The predicted molar refractivity (Wildman–Crippen MR) is 85.3 cm³/mol. The maximum atomic E-state index is 9.93. The summed E-state index contributed by atoms with van der Waals surface area (Å²) >= 11 is 0. The number of aliphatic hydroxyl groups excluding tert-OH is 1. The summed E-state index contributed by atoms with van der Waals surface area (Å²) in [5, 5.41) is 9.93. The fourth-order valence-electron chi connectivity index (χ4n) is 3.07. The molecule has 1 N–H and O–H groups in total. The molecule has 4 heteroatoms. The zero-order valence-corrected chi connectivity index (χ0v) is 13.2. The molecular formula is C17H28N2O2. The normalized spacial score (nSPS) is 22.9. The molecule has 21 heavy (non-hydrogen) atoms. The van der Waals surface area contributed by atoms with E-state index < -0.39 is 6.10 Å². The van der Waals surface area contributed by atoms with Crippen LogP contribution in [0.1, 0.15) is 18.9 Å².